The predicted octanol–water partition coefficient (Wildman–Crippen LogP) is 0.329. The van der Waals surface area contributed by atoms with Crippen LogP contribution in [0.25, 0.3) is 28.1 Å². The quantitative estimate of drug-likeness (QED) is 0.0228. The molecule has 3 aromatic carbocycles. The summed E-state index contributed by atoms with van der Waals surface area (Å²) < 4.78 is 56.7. The number of halogens is 2. The summed E-state index contributed by atoms with van der Waals surface area (Å²) in [5.41, 5.74) is 4.07. The maximum absolute atomic E-state index is 14.4. The summed E-state index contributed by atoms with van der Waals surface area (Å²) in [5, 5.41) is 39.8. The number of carbonyl (C=O) groups is 7. The molecule has 0 bridgehead atoms. The number of ether oxygens (including phenoxy) is 5. The molecule has 28 nitrogen and oxygen atoms in total. The standard InChI is InChI=1S/C55H72Cl2N10O13.CH4O3S.CH2O2.CH3.Cs/c1-5-62-11-13-63(15-16-65(34-51(73)74)18-17-64(14-12-62)33-50(71)72)32-49(70)59-31-48(69)58-10-21-78-24-23-77-20-9-47(68)60-40-8-6-7-37(25-40)42-29-43-46(30-45(42)76-4)80-35-44-52(54(75)66-19-22-79-36-55(66,2)3)61-67(53(43)44)41-27-38(56)26-39(57)28-41;1-5(2,3)4;2-1-3;;/h6-8,25-30H,5,9-24,31-36H2,1-4H3,(H,58,69)(H,59,70)(H,60,68)(H,71,72)(H,73,74);1H3,(H,2,3,4);1H,(H,2,3);1H3;/q;;;-1;+1. The molecule has 32 heteroatoms. The van der Waals surface area contributed by atoms with Crippen LogP contribution in [0.3, 0.4) is 0 Å². The Morgan fingerprint density at radius 3 is 1.89 bits per heavy atom. The Kier molecular flexibility index (Phi) is 34.8. The van der Waals surface area contributed by atoms with Gasteiger partial charge in [-0.3, -0.25) is 52.8 Å². The van der Waals surface area contributed by atoms with Gasteiger partial charge in [0, 0.05) is 104 Å². The fourth-order valence-electron chi connectivity index (χ4n) is 9.65. The Morgan fingerprint density at radius 1 is 0.767 bits per heavy atom. The SMILES string of the molecule is CCN1CCN(CC(=O)O)CCN(CC(=O)O)CCN(CC(=O)NCC(=O)NCCOCCOCCC(=O)Nc2cccc(-c3cc4c(cc3OC)OCc3c(C(=O)N5CCOCC5(C)C)nn(-c5cc(Cl)cc(Cl)c5)c3-4)c2)CC1.CS(=O)(=O)O.O=CO.[CH3-].[Cs+]. The smallest absolute Gasteiger partial charge is 0.496 e. The van der Waals surface area contributed by atoms with E-state index in [1.165, 1.54) is 0 Å². The summed E-state index contributed by atoms with van der Waals surface area (Å²) in [6.07, 6.45) is 0.786. The molecule has 90 heavy (non-hydrogen) atoms. The number of morpholine rings is 1. The van der Waals surface area contributed by atoms with Crippen LogP contribution in [0.2, 0.25) is 10.0 Å². The Labute approximate surface area is 593 Å². The first-order valence-electron chi connectivity index (χ1n) is 28.1. The number of rotatable bonds is 23. The first-order chi connectivity index (χ1) is 41.8. The molecule has 3 aliphatic heterocycles. The zero-order valence-corrected chi connectivity index (χ0v) is 60.4. The number of hydrogen-bond acceptors (Lipinski definition) is 19. The molecule has 0 unspecified atom stereocenters. The molecular formula is C58H81Cl2CsN10O18S. The van der Waals surface area contributed by atoms with E-state index in [2.05, 4.69) is 20.9 Å². The first-order valence-corrected chi connectivity index (χ1v) is 30.7. The van der Waals surface area contributed by atoms with Gasteiger partial charge in [0.15, 0.2) is 5.69 Å². The second-order valence-electron chi connectivity index (χ2n) is 21.0. The van der Waals surface area contributed by atoms with Crippen LogP contribution in [-0.4, -0.2) is 261 Å². The topological polar surface area (TPSA) is 351 Å². The van der Waals surface area contributed by atoms with Crippen LogP contribution in [0, 0.1) is 7.43 Å². The summed E-state index contributed by atoms with van der Waals surface area (Å²) >= 11 is 13.0. The summed E-state index contributed by atoms with van der Waals surface area (Å²) in [6, 6.07) is 16.1. The first kappa shape index (κ1) is 79.3. The van der Waals surface area contributed by atoms with Crippen LogP contribution in [0.15, 0.2) is 54.6 Å². The Morgan fingerprint density at radius 2 is 1.33 bits per heavy atom. The van der Waals surface area contributed by atoms with Crippen molar-refractivity contribution in [3.8, 4) is 39.6 Å². The maximum atomic E-state index is 14.4. The molecule has 0 spiro atoms. The summed E-state index contributed by atoms with van der Waals surface area (Å²) in [6.45, 7) is 11.8. The van der Waals surface area contributed by atoms with Crippen molar-refractivity contribution in [2.75, 3.05) is 156 Å². The van der Waals surface area contributed by atoms with Gasteiger partial charge in [0.2, 0.25) is 17.7 Å². The number of fused-ring (bicyclic) bond motifs is 3. The largest absolute Gasteiger partial charge is 1.00 e. The molecule has 0 aliphatic carbocycles. The number of carbonyl (C=O) groups excluding carboxylic acids is 4. The van der Waals surface area contributed by atoms with E-state index >= 15 is 0 Å². The number of anilines is 1. The third-order valence-electron chi connectivity index (χ3n) is 13.9. The minimum Gasteiger partial charge on any atom is -0.496 e. The molecule has 1 aromatic heterocycles. The number of aromatic nitrogens is 2. The van der Waals surface area contributed by atoms with Crippen LogP contribution in [0.4, 0.5) is 5.69 Å². The predicted molar refractivity (Wildman–Crippen MR) is 331 cm³/mol. The summed E-state index contributed by atoms with van der Waals surface area (Å²) in [5.74, 6) is -2.17. The Balaban J connectivity index is 0.00000199. The van der Waals surface area contributed by atoms with Crippen molar-refractivity contribution in [3.05, 3.63) is 83.3 Å². The maximum Gasteiger partial charge on any atom is 1.00 e. The molecule has 4 amide bonds. The Hall–Kier alpha value is -4.98. The molecule has 7 rings (SSSR count). The number of amides is 4. The molecule has 0 radical (unpaired) electrons. The normalized spacial score (nSPS) is 15.4. The zero-order chi connectivity index (χ0) is 64.6. The van der Waals surface area contributed by atoms with Gasteiger partial charge < -0.3 is 72.2 Å². The fourth-order valence-corrected chi connectivity index (χ4v) is 10.2. The van der Waals surface area contributed by atoms with Crippen LogP contribution < -0.4 is 94.3 Å². The summed E-state index contributed by atoms with van der Waals surface area (Å²) in [7, 11) is -2.10. The minimum atomic E-state index is -3.67. The van der Waals surface area contributed by atoms with Crippen molar-refractivity contribution in [3.63, 3.8) is 0 Å². The van der Waals surface area contributed by atoms with E-state index in [0.717, 1.165) is 12.1 Å². The van der Waals surface area contributed by atoms with Crippen LogP contribution in [0.5, 0.6) is 11.5 Å². The minimum absolute atomic E-state index is 0. The van der Waals surface area contributed by atoms with Gasteiger partial charge in [-0.25, -0.2) is 4.68 Å². The van der Waals surface area contributed by atoms with Crippen molar-refractivity contribution in [2.45, 2.75) is 39.3 Å². The van der Waals surface area contributed by atoms with Gasteiger partial charge in [-0.2, -0.15) is 13.5 Å². The monoisotopic (exact) mass is 1440 g/mol. The van der Waals surface area contributed by atoms with Gasteiger partial charge in [0.05, 0.1) is 103 Å². The number of methoxy groups -OCH3 is 1. The van der Waals surface area contributed by atoms with Crippen LogP contribution in [0.1, 0.15) is 43.2 Å². The molecule has 7 N–H and O–H groups in total. The van der Waals surface area contributed by atoms with Crippen molar-refractivity contribution in [2.24, 2.45) is 0 Å². The number of nitrogens with zero attached hydrogens (tertiary/aromatic N) is 7. The number of nitrogens with one attached hydrogen (secondary N) is 3. The van der Waals surface area contributed by atoms with E-state index in [9.17, 15) is 47.4 Å². The molecule has 4 heterocycles. The molecule has 2 saturated heterocycles. The third kappa shape index (κ3) is 26.6. The van der Waals surface area contributed by atoms with Gasteiger partial charge in [-0.1, -0.05) is 42.3 Å². The number of likely N-dealkylation sites (N-methyl/N-ethyl adjacent to an activating group) is 1. The van der Waals surface area contributed by atoms with E-state index < -0.39 is 33.5 Å². The van der Waals surface area contributed by atoms with Gasteiger partial charge in [-0.05, 0) is 62.4 Å². The molecule has 3 aliphatic rings. The molecule has 0 saturated carbocycles. The average molecular weight is 1440 g/mol. The van der Waals surface area contributed by atoms with Gasteiger partial charge in [-0.15, -0.1) is 0 Å². The molecule has 0 atom stereocenters. The zero-order valence-electron chi connectivity index (χ0n) is 51.8. The number of benzene rings is 3. The number of carboxylic acids is 2. The van der Waals surface area contributed by atoms with E-state index in [1.54, 1.807) is 51.9 Å². The second-order valence-corrected chi connectivity index (χ2v) is 23.3. The van der Waals surface area contributed by atoms with Crippen molar-refractivity contribution in [1.29, 1.82) is 0 Å². The number of carboxylic acid groups (broad SMARTS) is 3. The number of hydrogen-bond donors (Lipinski definition) is 7. The van der Waals surface area contributed by atoms with E-state index in [0.29, 0.717) is 134 Å². The van der Waals surface area contributed by atoms with Gasteiger partial charge in [0.25, 0.3) is 22.5 Å². The van der Waals surface area contributed by atoms with Gasteiger partial charge >= 0.3 is 80.8 Å². The average Bonchev–Trinajstić information content (AvgIpc) is 1.57. The van der Waals surface area contributed by atoms with Crippen molar-refractivity contribution >= 4 is 81.0 Å². The molecule has 492 valence electrons. The van der Waals surface area contributed by atoms with E-state index in [-0.39, 0.29) is 178 Å². The fraction of sp³-hybridized carbons (Fsp3) is 0.500. The van der Waals surface area contributed by atoms with Crippen molar-refractivity contribution in [1.82, 2.24) is 44.9 Å². The Bertz CT molecular complexity index is 3130. The molecular weight excluding hydrogens is 1360 g/mol. The third-order valence-corrected chi connectivity index (χ3v) is 14.3. The second kappa shape index (κ2) is 39.5. The van der Waals surface area contributed by atoms with Crippen LogP contribution in [-0.2, 0) is 59.7 Å². The van der Waals surface area contributed by atoms with Crippen molar-refractivity contribution < 1.29 is 154 Å². The van der Waals surface area contributed by atoms with E-state index in [1.807, 2.05) is 54.8 Å². The van der Waals surface area contributed by atoms with Gasteiger partial charge in [0.1, 0.15) is 18.1 Å². The molecule has 2 fully saturated rings. The number of aliphatic carboxylic acids is 2. The van der Waals surface area contributed by atoms with E-state index in [4.69, 9.17) is 66.4 Å². The summed E-state index contributed by atoms with van der Waals surface area (Å²) in [4.78, 5) is 93.8. The molecule has 4 aromatic rings. The van der Waals surface area contributed by atoms with Crippen LogP contribution >= 0.6 is 23.2 Å².